The van der Waals surface area contributed by atoms with Crippen molar-refractivity contribution in [2.24, 2.45) is 0 Å². The Labute approximate surface area is 306 Å². The van der Waals surface area contributed by atoms with Gasteiger partial charge in [0.25, 0.3) is 0 Å². The van der Waals surface area contributed by atoms with E-state index in [2.05, 4.69) is 0 Å². The highest BCUT2D eigenvalue weighted by molar-refractivity contribution is 5.83. The number of carbonyl (C=O) groups excluding carboxylic acids is 2. The Balaban J connectivity index is 1.55. The van der Waals surface area contributed by atoms with Crippen LogP contribution in [0, 0.1) is 0 Å². The topological polar surface area (TPSA) is 113 Å². The number of aliphatic hydroxyl groups is 1. The Morgan fingerprint density at radius 2 is 1.15 bits per heavy atom. The maximum Gasteiger partial charge on any atom is 0.329 e. The second-order valence-electron chi connectivity index (χ2n) is 12.8. The third kappa shape index (κ3) is 10.8. The summed E-state index contributed by atoms with van der Waals surface area (Å²) in [4.78, 5) is 27.3. The van der Waals surface area contributed by atoms with Crippen LogP contribution < -0.4 is 0 Å². The van der Waals surface area contributed by atoms with Crippen LogP contribution in [0.1, 0.15) is 42.5 Å². The summed E-state index contributed by atoms with van der Waals surface area (Å²) in [5.41, 5.74) is 3.64. The van der Waals surface area contributed by atoms with Gasteiger partial charge in [-0.2, -0.15) is 0 Å². The molecule has 1 N–H and O–H groups in total. The van der Waals surface area contributed by atoms with Crippen LogP contribution in [-0.2, 0) is 64.4 Å². The molecule has 0 unspecified atom stereocenters. The first-order chi connectivity index (χ1) is 25.3. The van der Waals surface area contributed by atoms with Gasteiger partial charge >= 0.3 is 5.97 Å². The summed E-state index contributed by atoms with van der Waals surface area (Å²) in [5, 5.41) is 12.8. The molecule has 1 saturated heterocycles. The van der Waals surface area contributed by atoms with Gasteiger partial charge in [0.1, 0.15) is 30.5 Å². The maximum absolute atomic E-state index is 13.4. The summed E-state index contributed by atoms with van der Waals surface area (Å²) in [5.74, 6) is -3.24. The minimum absolute atomic E-state index is 0.0138. The van der Waals surface area contributed by atoms with E-state index in [-0.39, 0.29) is 52.0 Å². The van der Waals surface area contributed by atoms with Crippen molar-refractivity contribution in [3.63, 3.8) is 0 Å². The fourth-order valence-corrected chi connectivity index (χ4v) is 6.21. The second-order valence-corrected chi connectivity index (χ2v) is 12.8. The third-order valence-electron chi connectivity index (χ3n) is 9.03. The van der Waals surface area contributed by atoms with Crippen molar-refractivity contribution in [1.29, 1.82) is 0 Å². The van der Waals surface area contributed by atoms with Crippen molar-refractivity contribution < 1.29 is 43.1 Å². The predicted octanol–water partition coefficient (Wildman–Crippen LogP) is 5.85. The van der Waals surface area contributed by atoms with E-state index >= 15 is 0 Å². The Kier molecular flexibility index (Phi) is 14.5. The van der Waals surface area contributed by atoms with Crippen LogP contribution in [0.2, 0.25) is 0 Å². The molecule has 10 nitrogen and oxygen atoms in total. The molecule has 4 aromatic carbocycles. The first-order valence-corrected chi connectivity index (χ1v) is 17.7. The minimum atomic E-state index is -2.18. The van der Waals surface area contributed by atoms with Gasteiger partial charge in [-0.05, 0) is 29.2 Å². The minimum Gasteiger partial charge on any atom is -0.464 e. The van der Waals surface area contributed by atoms with Crippen molar-refractivity contribution in [3.8, 4) is 0 Å². The number of nitrogens with zero attached hydrogens (tertiary/aromatic N) is 1. The van der Waals surface area contributed by atoms with Crippen LogP contribution in [0.5, 0.6) is 0 Å². The summed E-state index contributed by atoms with van der Waals surface area (Å²) in [7, 11) is 1.49. The number of hydrogen-bond acceptors (Lipinski definition) is 9. The summed E-state index contributed by atoms with van der Waals surface area (Å²) < 4.78 is 38.2. The number of amides is 1. The SMILES string of the molecule is CCOC(=O)[C@@H](C[C@]1(O)O[C@H](COCc2ccccc2)[C@H](OCc2ccccc2)[C@H](OCc2ccccc2)[C@H]1OCc1ccccc1)N(C)C(C)=O. The number of benzene rings is 4. The van der Waals surface area contributed by atoms with Gasteiger partial charge in [-0.1, -0.05) is 121 Å². The standard InChI is InChI=1S/C42H49NO9/c1-4-48-41(45)36(43(3)31(2)44)25-42(46)40(51-29-35-23-15-8-16-24-35)39(50-28-34-21-13-7-14-22-34)38(49-27-33-19-11-6-12-20-33)37(52-42)30-47-26-32-17-9-5-10-18-32/h5-24,36-40,46H,4,25-30H2,1-3H3/t36-,37-,38+,39+,40-,42+/m1/s1. The lowest BCUT2D eigenvalue weighted by atomic mass is 9.87. The highest BCUT2D eigenvalue weighted by atomic mass is 16.7. The molecule has 0 bridgehead atoms. The van der Waals surface area contributed by atoms with Gasteiger partial charge in [-0.15, -0.1) is 0 Å². The number of rotatable bonds is 18. The molecule has 5 rings (SSSR count). The van der Waals surface area contributed by atoms with Crippen molar-refractivity contribution in [2.75, 3.05) is 20.3 Å². The molecule has 0 spiro atoms. The largest absolute Gasteiger partial charge is 0.464 e. The molecule has 4 aromatic rings. The van der Waals surface area contributed by atoms with E-state index in [1.54, 1.807) is 6.92 Å². The number of carbonyl (C=O) groups is 2. The van der Waals surface area contributed by atoms with Crippen LogP contribution in [0.3, 0.4) is 0 Å². The van der Waals surface area contributed by atoms with E-state index in [0.29, 0.717) is 0 Å². The van der Waals surface area contributed by atoms with E-state index in [4.69, 9.17) is 28.4 Å². The summed E-state index contributed by atoms with van der Waals surface area (Å²) in [6, 6.07) is 37.5. The fraction of sp³-hybridized carbons (Fsp3) is 0.381. The molecule has 6 atom stereocenters. The van der Waals surface area contributed by atoms with E-state index in [0.717, 1.165) is 22.3 Å². The van der Waals surface area contributed by atoms with Gasteiger partial charge in [0.15, 0.2) is 5.79 Å². The van der Waals surface area contributed by atoms with Gasteiger partial charge in [-0.25, -0.2) is 4.79 Å². The van der Waals surface area contributed by atoms with Gasteiger partial charge in [0.05, 0.1) is 39.6 Å². The van der Waals surface area contributed by atoms with Gasteiger partial charge < -0.3 is 38.4 Å². The Morgan fingerprint density at radius 3 is 1.62 bits per heavy atom. The summed E-state index contributed by atoms with van der Waals surface area (Å²) in [6.45, 7) is 3.90. The Morgan fingerprint density at radius 1 is 0.712 bits per heavy atom. The van der Waals surface area contributed by atoms with Gasteiger partial charge in [0.2, 0.25) is 5.91 Å². The zero-order valence-electron chi connectivity index (χ0n) is 30.0. The third-order valence-corrected chi connectivity index (χ3v) is 9.03. The molecule has 0 aliphatic carbocycles. The molecule has 276 valence electrons. The average Bonchev–Trinajstić information content (AvgIpc) is 3.16. The van der Waals surface area contributed by atoms with Crippen molar-refractivity contribution in [1.82, 2.24) is 4.90 Å². The van der Waals surface area contributed by atoms with Crippen LogP contribution in [-0.4, -0.2) is 78.4 Å². The Hall–Kier alpha value is -4.42. The zero-order chi connectivity index (χ0) is 36.8. The highest BCUT2D eigenvalue weighted by Gasteiger charge is 2.58. The number of likely N-dealkylation sites (N-methyl/N-ethyl adjacent to an activating group) is 1. The van der Waals surface area contributed by atoms with Crippen LogP contribution >= 0.6 is 0 Å². The molecular formula is C42H49NO9. The molecule has 0 saturated carbocycles. The van der Waals surface area contributed by atoms with Crippen LogP contribution in [0.25, 0.3) is 0 Å². The molecule has 1 aliphatic heterocycles. The zero-order valence-corrected chi connectivity index (χ0v) is 30.0. The molecule has 1 heterocycles. The second kappa shape index (κ2) is 19.4. The van der Waals surface area contributed by atoms with Crippen LogP contribution in [0.4, 0.5) is 0 Å². The number of hydrogen-bond donors (Lipinski definition) is 1. The van der Waals surface area contributed by atoms with Crippen molar-refractivity contribution in [2.45, 2.75) is 82.9 Å². The lowest BCUT2D eigenvalue weighted by Gasteiger charge is -2.51. The van der Waals surface area contributed by atoms with Crippen LogP contribution in [0.15, 0.2) is 121 Å². The van der Waals surface area contributed by atoms with E-state index < -0.39 is 42.2 Å². The van der Waals surface area contributed by atoms with E-state index in [9.17, 15) is 14.7 Å². The highest BCUT2D eigenvalue weighted by Crippen LogP contribution is 2.39. The van der Waals surface area contributed by atoms with E-state index in [1.165, 1.54) is 18.9 Å². The lowest BCUT2D eigenvalue weighted by Crippen LogP contribution is -2.68. The van der Waals surface area contributed by atoms with Gasteiger partial charge in [0, 0.05) is 20.4 Å². The molecule has 0 aromatic heterocycles. The predicted molar refractivity (Wildman–Crippen MR) is 194 cm³/mol. The molecule has 1 fully saturated rings. The summed E-state index contributed by atoms with van der Waals surface area (Å²) in [6.07, 6.45) is -4.18. The molecular weight excluding hydrogens is 662 g/mol. The first-order valence-electron chi connectivity index (χ1n) is 17.7. The molecule has 1 aliphatic rings. The molecule has 0 radical (unpaired) electrons. The number of ether oxygens (including phenoxy) is 6. The monoisotopic (exact) mass is 711 g/mol. The average molecular weight is 712 g/mol. The molecule has 52 heavy (non-hydrogen) atoms. The molecule has 1 amide bonds. The molecule has 10 heteroatoms. The lowest BCUT2D eigenvalue weighted by molar-refractivity contribution is -0.374. The quantitative estimate of drug-likeness (QED) is 0.127. The number of esters is 1. The smallest absolute Gasteiger partial charge is 0.329 e. The normalized spacial score (nSPS) is 22.0. The van der Waals surface area contributed by atoms with Gasteiger partial charge in [-0.3, -0.25) is 4.79 Å². The fourth-order valence-electron chi connectivity index (χ4n) is 6.21. The summed E-state index contributed by atoms with van der Waals surface area (Å²) >= 11 is 0. The van der Waals surface area contributed by atoms with Crippen molar-refractivity contribution >= 4 is 11.9 Å². The Bertz CT molecular complexity index is 1640. The van der Waals surface area contributed by atoms with Crippen molar-refractivity contribution in [3.05, 3.63) is 144 Å². The maximum atomic E-state index is 13.4. The van der Waals surface area contributed by atoms with E-state index in [1.807, 2.05) is 121 Å². The first kappa shape index (κ1) is 38.8.